The number of thioether (sulfide) groups is 1. The van der Waals surface area contributed by atoms with Crippen molar-refractivity contribution in [2.24, 2.45) is 4.99 Å². The van der Waals surface area contributed by atoms with E-state index in [-0.39, 0.29) is 0 Å². The van der Waals surface area contributed by atoms with Gasteiger partial charge in [0.25, 0.3) is 0 Å². The van der Waals surface area contributed by atoms with Crippen molar-refractivity contribution in [1.82, 2.24) is 9.80 Å². The number of hydrogen-bond acceptors (Lipinski definition) is 3. The predicted molar refractivity (Wildman–Crippen MR) is 80.6 cm³/mol. The SMILES string of the molecule is CCCSCCN=C1N(C)CCCN1CCOC. The van der Waals surface area contributed by atoms with E-state index in [1.54, 1.807) is 7.11 Å². The quantitative estimate of drug-likeness (QED) is 0.630. The van der Waals surface area contributed by atoms with Crippen LogP contribution in [-0.4, -0.2) is 74.2 Å². The molecule has 0 radical (unpaired) electrons. The van der Waals surface area contributed by atoms with Crippen molar-refractivity contribution >= 4 is 17.7 Å². The minimum Gasteiger partial charge on any atom is -0.383 e. The van der Waals surface area contributed by atoms with Crippen molar-refractivity contribution in [3.63, 3.8) is 0 Å². The van der Waals surface area contributed by atoms with Gasteiger partial charge in [-0.2, -0.15) is 11.8 Å². The number of nitrogens with zero attached hydrogens (tertiary/aromatic N) is 3. The molecule has 0 spiro atoms. The summed E-state index contributed by atoms with van der Waals surface area (Å²) in [7, 11) is 3.89. The van der Waals surface area contributed by atoms with E-state index >= 15 is 0 Å². The fourth-order valence-electron chi connectivity index (χ4n) is 2.03. The fraction of sp³-hybridized carbons (Fsp3) is 0.923. The van der Waals surface area contributed by atoms with E-state index in [1.807, 2.05) is 11.8 Å². The number of rotatable bonds is 8. The molecule has 0 amide bonds. The second-order valence-corrected chi connectivity index (χ2v) is 5.77. The summed E-state index contributed by atoms with van der Waals surface area (Å²) in [5, 5.41) is 0. The summed E-state index contributed by atoms with van der Waals surface area (Å²) in [5.41, 5.74) is 0. The zero-order valence-corrected chi connectivity index (χ0v) is 12.8. The molecule has 0 atom stereocenters. The lowest BCUT2D eigenvalue weighted by Crippen LogP contribution is -2.49. The largest absolute Gasteiger partial charge is 0.383 e. The molecule has 0 aromatic heterocycles. The molecule has 0 N–H and O–H groups in total. The van der Waals surface area contributed by atoms with E-state index in [1.165, 1.54) is 18.6 Å². The highest BCUT2D eigenvalue weighted by Gasteiger charge is 2.19. The van der Waals surface area contributed by atoms with Crippen molar-refractivity contribution in [3.05, 3.63) is 0 Å². The third kappa shape index (κ3) is 5.48. The highest BCUT2D eigenvalue weighted by Crippen LogP contribution is 2.08. The zero-order chi connectivity index (χ0) is 13.2. The third-order valence-corrected chi connectivity index (χ3v) is 4.12. The van der Waals surface area contributed by atoms with Gasteiger partial charge in [-0.25, -0.2) is 0 Å². The van der Waals surface area contributed by atoms with Crippen molar-refractivity contribution in [2.45, 2.75) is 19.8 Å². The summed E-state index contributed by atoms with van der Waals surface area (Å²) >= 11 is 1.99. The van der Waals surface area contributed by atoms with Crippen molar-refractivity contribution in [1.29, 1.82) is 0 Å². The zero-order valence-electron chi connectivity index (χ0n) is 12.0. The van der Waals surface area contributed by atoms with Crippen molar-refractivity contribution in [2.75, 3.05) is 58.4 Å². The van der Waals surface area contributed by atoms with E-state index in [4.69, 9.17) is 9.73 Å². The average molecular weight is 273 g/mol. The van der Waals surface area contributed by atoms with Crippen LogP contribution in [0.1, 0.15) is 19.8 Å². The van der Waals surface area contributed by atoms with Crippen LogP contribution in [0.15, 0.2) is 4.99 Å². The molecule has 1 heterocycles. The number of ether oxygens (including phenoxy) is 1. The Labute approximate surface area is 116 Å². The molecule has 1 rings (SSSR count). The standard InChI is InChI=1S/C13H27N3OS/c1-4-11-18-12-6-14-13-15(2)7-5-8-16(13)9-10-17-3/h4-12H2,1-3H3. The molecular weight excluding hydrogens is 246 g/mol. The van der Waals surface area contributed by atoms with Crippen LogP contribution in [0, 0.1) is 0 Å². The maximum absolute atomic E-state index is 5.17. The Hall–Kier alpha value is -0.420. The Morgan fingerprint density at radius 3 is 2.89 bits per heavy atom. The summed E-state index contributed by atoms with van der Waals surface area (Å²) in [6, 6.07) is 0. The maximum atomic E-state index is 5.17. The van der Waals surface area contributed by atoms with Gasteiger partial charge in [0.2, 0.25) is 0 Å². The van der Waals surface area contributed by atoms with Gasteiger partial charge in [-0.05, 0) is 18.6 Å². The smallest absolute Gasteiger partial charge is 0.196 e. The molecule has 1 saturated heterocycles. The Kier molecular flexibility index (Phi) is 8.25. The summed E-state index contributed by atoms with van der Waals surface area (Å²) in [4.78, 5) is 9.37. The van der Waals surface area contributed by atoms with Gasteiger partial charge < -0.3 is 14.5 Å². The van der Waals surface area contributed by atoms with Crippen LogP contribution in [0.5, 0.6) is 0 Å². The Balaban J connectivity index is 2.41. The molecule has 0 saturated carbocycles. The normalized spacial score (nSPS) is 18.7. The van der Waals surface area contributed by atoms with Crippen LogP contribution >= 0.6 is 11.8 Å². The van der Waals surface area contributed by atoms with Crippen LogP contribution < -0.4 is 0 Å². The molecule has 4 nitrogen and oxygen atoms in total. The third-order valence-electron chi connectivity index (χ3n) is 2.95. The molecule has 0 aromatic rings. The Morgan fingerprint density at radius 2 is 2.17 bits per heavy atom. The lowest BCUT2D eigenvalue weighted by atomic mass is 10.3. The van der Waals surface area contributed by atoms with Crippen LogP contribution in [-0.2, 0) is 4.74 Å². The monoisotopic (exact) mass is 273 g/mol. The second-order valence-electron chi connectivity index (χ2n) is 4.55. The molecular formula is C13H27N3OS. The molecule has 1 fully saturated rings. The minimum absolute atomic E-state index is 0.775. The number of methoxy groups -OCH3 is 1. The van der Waals surface area contributed by atoms with E-state index in [2.05, 4.69) is 23.8 Å². The van der Waals surface area contributed by atoms with Gasteiger partial charge in [-0.15, -0.1) is 0 Å². The number of aliphatic imine (C=N–C) groups is 1. The van der Waals surface area contributed by atoms with Gasteiger partial charge in [0.15, 0.2) is 5.96 Å². The Bertz CT molecular complexity index is 248. The van der Waals surface area contributed by atoms with Gasteiger partial charge in [0.1, 0.15) is 0 Å². The first-order chi connectivity index (χ1) is 8.79. The summed E-state index contributed by atoms with van der Waals surface area (Å²) in [6.07, 6.45) is 2.46. The summed E-state index contributed by atoms with van der Waals surface area (Å²) in [5.74, 6) is 3.52. The first kappa shape index (κ1) is 15.6. The van der Waals surface area contributed by atoms with Gasteiger partial charge in [0.05, 0.1) is 13.2 Å². The maximum Gasteiger partial charge on any atom is 0.196 e. The topological polar surface area (TPSA) is 28.1 Å². The minimum atomic E-state index is 0.775. The number of hydrogen-bond donors (Lipinski definition) is 0. The molecule has 106 valence electrons. The molecule has 0 bridgehead atoms. The lowest BCUT2D eigenvalue weighted by molar-refractivity contribution is 0.162. The highest BCUT2D eigenvalue weighted by molar-refractivity contribution is 7.99. The van der Waals surface area contributed by atoms with E-state index < -0.39 is 0 Å². The summed E-state index contributed by atoms with van der Waals surface area (Å²) in [6.45, 7) is 7.09. The van der Waals surface area contributed by atoms with Gasteiger partial charge in [-0.3, -0.25) is 4.99 Å². The van der Waals surface area contributed by atoms with E-state index in [0.717, 1.165) is 44.5 Å². The summed E-state index contributed by atoms with van der Waals surface area (Å²) < 4.78 is 5.17. The first-order valence-corrected chi connectivity index (χ1v) is 8.02. The molecule has 1 aliphatic heterocycles. The lowest BCUT2D eigenvalue weighted by Gasteiger charge is -2.37. The van der Waals surface area contributed by atoms with Gasteiger partial charge in [-0.1, -0.05) is 6.92 Å². The van der Waals surface area contributed by atoms with E-state index in [0.29, 0.717) is 0 Å². The van der Waals surface area contributed by atoms with Crippen LogP contribution in [0.2, 0.25) is 0 Å². The molecule has 18 heavy (non-hydrogen) atoms. The predicted octanol–water partition coefficient (Wildman–Crippen LogP) is 1.77. The van der Waals surface area contributed by atoms with Crippen LogP contribution in [0.25, 0.3) is 0 Å². The van der Waals surface area contributed by atoms with E-state index in [9.17, 15) is 0 Å². The second kappa shape index (κ2) is 9.50. The van der Waals surface area contributed by atoms with Crippen LogP contribution in [0.4, 0.5) is 0 Å². The van der Waals surface area contributed by atoms with Gasteiger partial charge >= 0.3 is 0 Å². The molecule has 0 unspecified atom stereocenters. The molecule has 0 aromatic carbocycles. The fourth-order valence-corrected chi connectivity index (χ4v) is 2.74. The number of guanidine groups is 1. The molecule has 5 heteroatoms. The van der Waals surface area contributed by atoms with Gasteiger partial charge in [0, 0.05) is 39.5 Å². The van der Waals surface area contributed by atoms with Crippen molar-refractivity contribution in [3.8, 4) is 0 Å². The Morgan fingerprint density at radius 1 is 1.33 bits per heavy atom. The average Bonchev–Trinajstić information content (AvgIpc) is 2.38. The van der Waals surface area contributed by atoms with Crippen LogP contribution in [0.3, 0.4) is 0 Å². The molecule has 0 aliphatic carbocycles. The highest BCUT2D eigenvalue weighted by atomic mass is 32.2. The first-order valence-electron chi connectivity index (χ1n) is 6.86. The van der Waals surface area contributed by atoms with Crippen molar-refractivity contribution < 1.29 is 4.74 Å². The molecule has 1 aliphatic rings.